The van der Waals surface area contributed by atoms with Gasteiger partial charge in [0.15, 0.2) is 11.7 Å². The van der Waals surface area contributed by atoms with Crippen LogP contribution in [0, 0.1) is 5.82 Å². The summed E-state index contributed by atoms with van der Waals surface area (Å²) < 4.78 is 65.2. The van der Waals surface area contributed by atoms with Crippen molar-refractivity contribution in [2.24, 2.45) is 0 Å². The molecule has 5 rings (SSSR count). The highest BCUT2D eigenvalue weighted by Gasteiger charge is 2.39. The molecule has 1 amide bonds. The monoisotopic (exact) mass is 479 g/mol. The number of pyridine rings is 1. The number of nitrogens with zero attached hydrogens (tertiary/aromatic N) is 4. The van der Waals surface area contributed by atoms with Crippen LogP contribution in [0.3, 0.4) is 0 Å². The molecule has 3 aromatic rings. The van der Waals surface area contributed by atoms with Crippen molar-refractivity contribution in [2.75, 3.05) is 36.9 Å². The van der Waals surface area contributed by atoms with Gasteiger partial charge in [-0.05, 0) is 31.0 Å². The molecule has 2 aromatic heterocycles. The van der Waals surface area contributed by atoms with Crippen LogP contribution in [0.2, 0.25) is 0 Å². The zero-order chi connectivity index (χ0) is 24.2. The Kier molecular flexibility index (Phi) is 5.34. The van der Waals surface area contributed by atoms with E-state index in [4.69, 9.17) is 14.9 Å². The van der Waals surface area contributed by atoms with Crippen LogP contribution < -0.4 is 10.6 Å². The van der Waals surface area contributed by atoms with Gasteiger partial charge in [-0.1, -0.05) is 0 Å². The number of alkyl halides is 3. The van der Waals surface area contributed by atoms with Crippen LogP contribution in [0.5, 0.6) is 0 Å². The van der Waals surface area contributed by atoms with Crippen LogP contribution in [0.25, 0.3) is 11.1 Å². The van der Waals surface area contributed by atoms with Crippen LogP contribution in [0.15, 0.2) is 28.9 Å². The highest BCUT2D eigenvalue weighted by molar-refractivity contribution is 5.88. The third-order valence-electron chi connectivity index (χ3n) is 6.31. The number of hydrogen-bond donors (Lipinski definition) is 1. The largest absolute Gasteiger partial charge is 0.421 e. The number of benzene rings is 1. The lowest BCUT2D eigenvalue weighted by Crippen LogP contribution is -2.53. The fourth-order valence-electron chi connectivity index (χ4n) is 4.69. The molecule has 0 saturated carbocycles. The number of ether oxygens (including phenoxy) is 1. The van der Waals surface area contributed by atoms with Crippen molar-refractivity contribution in [3.05, 3.63) is 47.0 Å². The summed E-state index contributed by atoms with van der Waals surface area (Å²) in [6.07, 6.45) is -2.27. The van der Waals surface area contributed by atoms with Gasteiger partial charge in [0.05, 0.1) is 37.2 Å². The molecule has 1 aromatic carbocycles. The van der Waals surface area contributed by atoms with E-state index < -0.39 is 29.7 Å². The second-order valence-electron chi connectivity index (χ2n) is 8.35. The molecule has 180 valence electrons. The Bertz CT molecular complexity index is 1260. The highest BCUT2D eigenvalue weighted by atomic mass is 19.4. The van der Waals surface area contributed by atoms with Gasteiger partial charge in [0.1, 0.15) is 17.0 Å². The summed E-state index contributed by atoms with van der Waals surface area (Å²) in [6.45, 7) is 2.67. The van der Waals surface area contributed by atoms with Gasteiger partial charge in [0, 0.05) is 18.7 Å². The van der Waals surface area contributed by atoms with E-state index in [1.54, 1.807) is 13.1 Å². The van der Waals surface area contributed by atoms with Gasteiger partial charge in [-0.3, -0.25) is 9.78 Å². The Hall–Kier alpha value is -3.41. The Morgan fingerprint density at radius 3 is 2.79 bits per heavy atom. The standard InChI is InChI=1S/C22H21F4N5O3/c1-11-18-12(6-13(7-14(18)23)22(24,25)26)2-3-31(11)20(32)17-10-30(4-5-33-17)16-9-28-8-15-19(16)34-21(27)29-15/h6-9,11,17H,2-5,10H2,1H3,(H2,27,29)/t11-,17+/m0/s1. The Labute approximate surface area is 191 Å². The van der Waals surface area contributed by atoms with Gasteiger partial charge in [-0.2, -0.15) is 18.2 Å². The fourth-order valence-corrected chi connectivity index (χ4v) is 4.69. The number of nitrogen functional groups attached to an aromatic ring is 1. The number of carbonyl (C=O) groups is 1. The summed E-state index contributed by atoms with van der Waals surface area (Å²) in [4.78, 5) is 24.9. The number of anilines is 2. The first-order chi connectivity index (χ1) is 16.1. The van der Waals surface area contributed by atoms with E-state index in [1.807, 2.05) is 4.90 Å². The Morgan fingerprint density at radius 1 is 1.24 bits per heavy atom. The first-order valence-electron chi connectivity index (χ1n) is 10.7. The molecule has 8 nitrogen and oxygen atoms in total. The number of halogens is 4. The number of fused-ring (bicyclic) bond motifs is 2. The summed E-state index contributed by atoms with van der Waals surface area (Å²) in [5, 5.41) is 0. The van der Waals surface area contributed by atoms with Crippen molar-refractivity contribution in [1.82, 2.24) is 14.9 Å². The minimum atomic E-state index is -4.64. The smallest absolute Gasteiger partial charge is 0.416 e. The summed E-state index contributed by atoms with van der Waals surface area (Å²) in [5.41, 5.74) is 6.54. The number of oxazole rings is 1. The third-order valence-corrected chi connectivity index (χ3v) is 6.31. The lowest BCUT2D eigenvalue weighted by molar-refractivity contribution is -0.147. The van der Waals surface area contributed by atoms with E-state index in [0.29, 0.717) is 29.4 Å². The molecule has 0 unspecified atom stereocenters. The normalized spacial score (nSPS) is 21.1. The summed E-state index contributed by atoms with van der Waals surface area (Å²) in [7, 11) is 0. The predicted octanol–water partition coefficient (Wildman–Crippen LogP) is 3.31. The average molecular weight is 479 g/mol. The SMILES string of the molecule is C[C@H]1c2c(F)cc(C(F)(F)F)cc2CCN1C(=O)[C@H]1CN(c2cncc3nc(N)oc23)CCO1. The van der Waals surface area contributed by atoms with Crippen molar-refractivity contribution in [3.63, 3.8) is 0 Å². The second kappa shape index (κ2) is 8.12. The molecular weight excluding hydrogens is 458 g/mol. The molecule has 2 atom stereocenters. The van der Waals surface area contributed by atoms with E-state index in [0.717, 1.165) is 6.07 Å². The van der Waals surface area contributed by atoms with E-state index in [-0.39, 0.29) is 49.2 Å². The third kappa shape index (κ3) is 3.81. The second-order valence-corrected chi connectivity index (χ2v) is 8.35. The molecule has 2 aliphatic rings. The summed E-state index contributed by atoms with van der Waals surface area (Å²) in [6, 6.07) is 0.712. The zero-order valence-corrected chi connectivity index (χ0v) is 18.1. The van der Waals surface area contributed by atoms with Crippen LogP contribution >= 0.6 is 0 Å². The first kappa shape index (κ1) is 22.4. The molecule has 2 N–H and O–H groups in total. The van der Waals surface area contributed by atoms with Crippen LogP contribution in [-0.4, -0.2) is 53.1 Å². The van der Waals surface area contributed by atoms with E-state index in [2.05, 4.69) is 9.97 Å². The minimum Gasteiger partial charge on any atom is -0.421 e. The molecule has 0 aliphatic carbocycles. The first-order valence-corrected chi connectivity index (χ1v) is 10.7. The molecule has 12 heteroatoms. The molecule has 1 fully saturated rings. The fraction of sp³-hybridized carbons (Fsp3) is 0.409. The molecule has 4 heterocycles. The number of amides is 1. The number of hydrogen-bond acceptors (Lipinski definition) is 7. The molecule has 0 bridgehead atoms. The van der Waals surface area contributed by atoms with Gasteiger partial charge in [-0.25, -0.2) is 4.39 Å². The summed E-state index contributed by atoms with van der Waals surface area (Å²) >= 11 is 0. The zero-order valence-electron chi connectivity index (χ0n) is 18.1. The van der Waals surface area contributed by atoms with Crippen LogP contribution in [0.1, 0.15) is 29.7 Å². The number of morpholine rings is 1. The highest BCUT2D eigenvalue weighted by Crippen LogP contribution is 2.38. The number of nitrogens with two attached hydrogens (primary N) is 1. The molecule has 2 aliphatic heterocycles. The maximum atomic E-state index is 14.7. The minimum absolute atomic E-state index is 0.00153. The number of aromatic nitrogens is 2. The van der Waals surface area contributed by atoms with Crippen LogP contribution in [0.4, 0.5) is 29.3 Å². The van der Waals surface area contributed by atoms with Gasteiger partial charge < -0.3 is 24.7 Å². The van der Waals surface area contributed by atoms with Crippen molar-refractivity contribution < 1.29 is 31.5 Å². The van der Waals surface area contributed by atoms with Crippen molar-refractivity contribution >= 4 is 28.7 Å². The molecule has 34 heavy (non-hydrogen) atoms. The van der Waals surface area contributed by atoms with E-state index in [1.165, 1.54) is 11.1 Å². The van der Waals surface area contributed by atoms with Crippen molar-refractivity contribution in [2.45, 2.75) is 31.7 Å². The lowest BCUT2D eigenvalue weighted by atomic mass is 9.90. The summed E-state index contributed by atoms with van der Waals surface area (Å²) in [5.74, 6) is -1.33. The maximum absolute atomic E-state index is 14.7. The molecular formula is C22H21F4N5O3. The molecule has 1 saturated heterocycles. The predicted molar refractivity (Wildman–Crippen MR) is 113 cm³/mol. The lowest BCUT2D eigenvalue weighted by Gasteiger charge is -2.40. The van der Waals surface area contributed by atoms with Crippen LogP contribution in [-0.2, 0) is 22.1 Å². The number of rotatable bonds is 2. The Balaban J connectivity index is 1.38. The molecule has 0 radical (unpaired) electrons. The average Bonchev–Trinajstić information content (AvgIpc) is 3.18. The Morgan fingerprint density at radius 2 is 2.03 bits per heavy atom. The molecule has 0 spiro atoms. The quantitative estimate of drug-likeness (QED) is 0.563. The van der Waals surface area contributed by atoms with Crippen molar-refractivity contribution in [1.29, 1.82) is 0 Å². The van der Waals surface area contributed by atoms with Gasteiger partial charge in [0.25, 0.3) is 11.9 Å². The van der Waals surface area contributed by atoms with Crippen molar-refractivity contribution in [3.8, 4) is 0 Å². The maximum Gasteiger partial charge on any atom is 0.416 e. The number of carbonyl (C=O) groups excluding carboxylic acids is 1. The van der Waals surface area contributed by atoms with E-state index >= 15 is 0 Å². The van der Waals surface area contributed by atoms with E-state index in [9.17, 15) is 22.4 Å². The van der Waals surface area contributed by atoms with Gasteiger partial charge in [0.2, 0.25) is 0 Å². The van der Waals surface area contributed by atoms with Gasteiger partial charge in [-0.15, -0.1) is 0 Å². The van der Waals surface area contributed by atoms with Gasteiger partial charge >= 0.3 is 6.18 Å². The topological polar surface area (TPSA) is 97.7 Å².